The predicted octanol–water partition coefficient (Wildman–Crippen LogP) is 12.3. The minimum absolute atomic E-state index is 0.537. The Kier molecular flexibility index (Phi) is 6.22. The van der Waals surface area contributed by atoms with Crippen LogP contribution in [0, 0.1) is 0 Å². The van der Waals surface area contributed by atoms with Crippen molar-refractivity contribution in [3.63, 3.8) is 0 Å². The summed E-state index contributed by atoms with van der Waals surface area (Å²) in [7, 11) is 0. The summed E-state index contributed by atoms with van der Waals surface area (Å²) in [5.41, 5.74) is 2.59. The lowest BCUT2D eigenvalue weighted by molar-refractivity contribution is 1.06. The van der Waals surface area contributed by atoms with Crippen LogP contribution < -0.4 is 0 Å². The van der Waals surface area contributed by atoms with Crippen molar-refractivity contribution in [2.75, 3.05) is 0 Å². The van der Waals surface area contributed by atoms with Gasteiger partial charge in [-0.05, 0) is 88.2 Å². The largest absolute Gasteiger partial charge is 0.252 e. The third-order valence-corrected chi connectivity index (χ3v) is 10.5. The summed E-state index contributed by atoms with van der Waals surface area (Å²) < 4.78 is 0. The Bertz CT molecular complexity index is 3260. The first kappa shape index (κ1) is 28.8. The Morgan fingerprint density at radius 3 is 1.54 bits per heavy atom. The molecule has 11 rings (SSSR count). The molecular formula is C48H28N4. The molecule has 0 aliphatic carbocycles. The summed E-state index contributed by atoms with van der Waals surface area (Å²) >= 11 is 0. The number of nitrogens with zero attached hydrogens (tertiary/aromatic N) is 4. The first-order valence-electron chi connectivity index (χ1n) is 17.5. The maximum atomic E-state index is 5.24. The standard InChI is InChI=1S/C48H28N4/c1-4-12-35-30(10-1)21-23-41-40(35)24-22-34-28-49-45(27-43(34)41)48-51-46(33-20-19-31-18-17-29-9-2-5-13-36(29)42(31)26-33)50-47(52-48)44-25-32-11-3-6-14-37(32)38-15-7-8-16-39(38)44/h1-28H. The van der Waals surface area contributed by atoms with Crippen LogP contribution in [0.4, 0.5) is 0 Å². The van der Waals surface area contributed by atoms with Crippen LogP contribution >= 0.6 is 0 Å². The molecule has 0 radical (unpaired) electrons. The molecule has 9 aromatic carbocycles. The van der Waals surface area contributed by atoms with E-state index in [9.17, 15) is 0 Å². The molecule has 240 valence electrons. The van der Waals surface area contributed by atoms with Gasteiger partial charge in [0.05, 0.1) is 0 Å². The van der Waals surface area contributed by atoms with Gasteiger partial charge in [0.2, 0.25) is 0 Å². The average molecular weight is 661 g/mol. The van der Waals surface area contributed by atoms with Gasteiger partial charge in [-0.25, -0.2) is 15.0 Å². The second-order valence-corrected chi connectivity index (χ2v) is 13.5. The van der Waals surface area contributed by atoms with Gasteiger partial charge in [0.15, 0.2) is 17.5 Å². The predicted molar refractivity (Wildman–Crippen MR) is 216 cm³/mol. The van der Waals surface area contributed by atoms with Crippen LogP contribution in [-0.4, -0.2) is 19.9 Å². The van der Waals surface area contributed by atoms with Gasteiger partial charge >= 0.3 is 0 Å². The van der Waals surface area contributed by atoms with Gasteiger partial charge in [0, 0.05) is 22.7 Å². The Morgan fingerprint density at radius 1 is 0.288 bits per heavy atom. The second kappa shape index (κ2) is 11.2. The van der Waals surface area contributed by atoms with Crippen LogP contribution in [0.15, 0.2) is 170 Å². The van der Waals surface area contributed by atoms with Gasteiger partial charge in [-0.1, -0.05) is 146 Å². The molecule has 2 aromatic heterocycles. The van der Waals surface area contributed by atoms with Crippen molar-refractivity contribution in [3.8, 4) is 34.3 Å². The minimum Gasteiger partial charge on any atom is -0.252 e. The Balaban J connectivity index is 1.19. The van der Waals surface area contributed by atoms with Gasteiger partial charge in [-0.2, -0.15) is 0 Å². The van der Waals surface area contributed by atoms with E-state index < -0.39 is 0 Å². The fraction of sp³-hybridized carbons (Fsp3) is 0. The average Bonchev–Trinajstić information content (AvgIpc) is 3.22. The molecule has 0 N–H and O–H groups in total. The van der Waals surface area contributed by atoms with Crippen LogP contribution in [0.25, 0.3) is 110 Å². The van der Waals surface area contributed by atoms with E-state index in [0.29, 0.717) is 23.2 Å². The van der Waals surface area contributed by atoms with E-state index in [2.05, 4.69) is 164 Å². The smallest absolute Gasteiger partial charge is 0.182 e. The molecule has 0 fully saturated rings. The number of rotatable bonds is 3. The lowest BCUT2D eigenvalue weighted by Gasteiger charge is -2.13. The van der Waals surface area contributed by atoms with E-state index in [1.807, 2.05) is 6.20 Å². The van der Waals surface area contributed by atoms with Gasteiger partial charge < -0.3 is 0 Å². The van der Waals surface area contributed by atoms with E-state index in [1.54, 1.807) is 0 Å². The molecule has 0 amide bonds. The van der Waals surface area contributed by atoms with Crippen LogP contribution in [0.5, 0.6) is 0 Å². The molecule has 0 unspecified atom stereocenters. The highest BCUT2D eigenvalue weighted by atomic mass is 15.0. The first-order chi connectivity index (χ1) is 25.7. The first-order valence-corrected chi connectivity index (χ1v) is 17.5. The van der Waals surface area contributed by atoms with Crippen molar-refractivity contribution in [1.29, 1.82) is 0 Å². The van der Waals surface area contributed by atoms with E-state index >= 15 is 0 Å². The maximum absolute atomic E-state index is 5.24. The minimum atomic E-state index is 0.537. The normalized spacial score (nSPS) is 11.8. The van der Waals surface area contributed by atoms with E-state index in [-0.39, 0.29) is 0 Å². The van der Waals surface area contributed by atoms with Gasteiger partial charge in [-0.3, -0.25) is 4.98 Å². The highest BCUT2D eigenvalue weighted by Gasteiger charge is 2.18. The second-order valence-electron chi connectivity index (χ2n) is 13.5. The van der Waals surface area contributed by atoms with E-state index in [0.717, 1.165) is 38.1 Å². The molecule has 4 nitrogen and oxygen atoms in total. The summed E-state index contributed by atoms with van der Waals surface area (Å²) in [5, 5.41) is 16.4. The number of aromatic nitrogens is 4. The SMILES string of the molecule is c1ccc2c(c1)ccc1ccc(-c3nc(-c4cc5c(ccc6c7ccccc7ccc56)cn4)nc(-c4cc5ccccc5c5ccccc45)n3)cc12. The molecule has 4 heteroatoms. The molecule has 0 aliphatic rings. The summed E-state index contributed by atoms with van der Waals surface area (Å²) in [6.45, 7) is 0. The van der Waals surface area contributed by atoms with Crippen molar-refractivity contribution in [2.45, 2.75) is 0 Å². The van der Waals surface area contributed by atoms with Crippen molar-refractivity contribution < 1.29 is 0 Å². The zero-order valence-electron chi connectivity index (χ0n) is 28.0. The molecule has 0 aliphatic heterocycles. The Hall–Kier alpha value is -7.04. The quantitative estimate of drug-likeness (QED) is 0.177. The topological polar surface area (TPSA) is 51.6 Å². The van der Waals surface area contributed by atoms with Crippen molar-refractivity contribution in [1.82, 2.24) is 19.9 Å². The highest BCUT2D eigenvalue weighted by molar-refractivity contribution is 6.18. The molecule has 0 bridgehead atoms. The van der Waals surface area contributed by atoms with Crippen LogP contribution in [0.2, 0.25) is 0 Å². The number of hydrogen-bond acceptors (Lipinski definition) is 4. The molecule has 2 heterocycles. The zero-order valence-corrected chi connectivity index (χ0v) is 28.0. The third-order valence-electron chi connectivity index (χ3n) is 10.5. The molecular weight excluding hydrogens is 633 g/mol. The van der Waals surface area contributed by atoms with Gasteiger partial charge in [0.1, 0.15) is 5.69 Å². The molecule has 0 saturated heterocycles. The molecule has 52 heavy (non-hydrogen) atoms. The number of fused-ring (bicyclic) bond motifs is 11. The van der Waals surface area contributed by atoms with Crippen LogP contribution in [0.1, 0.15) is 0 Å². The fourth-order valence-corrected chi connectivity index (χ4v) is 7.96. The zero-order chi connectivity index (χ0) is 34.2. The number of hydrogen-bond donors (Lipinski definition) is 0. The Morgan fingerprint density at radius 2 is 0.769 bits per heavy atom. The van der Waals surface area contributed by atoms with Crippen molar-refractivity contribution in [3.05, 3.63) is 170 Å². The van der Waals surface area contributed by atoms with E-state index in [4.69, 9.17) is 19.9 Å². The monoisotopic (exact) mass is 660 g/mol. The van der Waals surface area contributed by atoms with Crippen molar-refractivity contribution in [2.24, 2.45) is 0 Å². The molecule has 0 spiro atoms. The lowest BCUT2D eigenvalue weighted by atomic mass is 9.96. The van der Waals surface area contributed by atoms with Crippen LogP contribution in [0.3, 0.4) is 0 Å². The lowest BCUT2D eigenvalue weighted by Crippen LogP contribution is -2.02. The third kappa shape index (κ3) is 4.48. The fourth-order valence-electron chi connectivity index (χ4n) is 7.96. The van der Waals surface area contributed by atoms with Crippen LogP contribution in [-0.2, 0) is 0 Å². The highest BCUT2D eigenvalue weighted by Crippen LogP contribution is 2.37. The van der Waals surface area contributed by atoms with Gasteiger partial charge in [0.25, 0.3) is 0 Å². The summed E-state index contributed by atoms with van der Waals surface area (Å²) in [5.74, 6) is 1.76. The Labute approximate surface area is 298 Å². The summed E-state index contributed by atoms with van der Waals surface area (Å²) in [6.07, 6.45) is 1.94. The maximum Gasteiger partial charge on any atom is 0.182 e. The molecule has 0 atom stereocenters. The molecule has 11 aromatic rings. The summed E-state index contributed by atoms with van der Waals surface area (Å²) in [6, 6.07) is 58.1. The summed E-state index contributed by atoms with van der Waals surface area (Å²) in [4.78, 5) is 20.6. The number of pyridine rings is 1. The van der Waals surface area contributed by atoms with E-state index in [1.165, 1.54) is 48.5 Å². The van der Waals surface area contributed by atoms with Gasteiger partial charge in [-0.15, -0.1) is 0 Å². The number of benzene rings is 9. The molecule has 0 saturated carbocycles. The van der Waals surface area contributed by atoms with Crippen molar-refractivity contribution >= 4 is 75.4 Å².